The number of carbonyl (C=O) groups excluding carboxylic acids is 1. The average molecular weight is 414 g/mol. The van der Waals surface area contributed by atoms with Gasteiger partial charge in [-0.25, -0.2) is 8.78 Å². The van der Waals surface area contributed by atoms with Gasteiger partial charge in [-0.05, 0) is 24.6 Å². The van der Waals surface area contributed by atoms with Crippen molar-refractivity contribution in [3.05, 3.63) is 63.5 Å². The van der Waals surface area contributed by atoms with E-state index in [1.165, 1.54) is 6.92 Å². The smallest absolute Gasteiger partial charge is 0.283 e. The summed E-state index contributed by atoms with van der Waals surface area (Å²) in [6, 6.07) is 9.00. The Bertz CT molecular complexity index is 970. The van der Waals surface area contributed by atoms with Gasteiger partial charge in [-0.3, -0.25) is 14.2 Å². The zero-order valence-corrected chi connectivity index (χ0v) is 15.7. The molecule has 6 nitrogen and oxygen atoms in total. The molecule has 0 aliphatic heterocycles. The van der Waals surface area contributed by atoms with Crippen molar-refractivity contribution in [1.29, 1.82) is 0 Å². The van der Waals surface area contributed by atoms with Gasteiger partial charge in [0.25, 0.3) is 6.43 Å². The highest BCUT2D eigenvalue weighted by Gasteiger charge is 2.21. The second kappa shape index (κ2) is 8.06. The standard InChI is InChI=1S/C17H15Cl2F2N5O/c1-10-15(19)16(17(20)21)24-26(10)9-14(27)22-13-5-6-25(23-13)8-11-3-2-4-12(18)7-11/h2-7,17H,8-9H2,1H3,(H,22,23,27). The van der Waals surface area contributed by atoms with Gasteiger partial charge in [0.15, 0.2) is 5.82 Å². The van der Waals surface area contributed by atoms with Gasteiger partial charge in [-0.1, -0.05) is 35.3 Å². The summed E-state index contributed by atoms with van der Waals surface area (Å²) in [6.45, 7) is 1.76. The van der Waals surface area contributed by atoms with Crippen LogP contribution in [0.1, 0.15) is 23.4 Å². The largest absolute Gasteiger partial charge is 0.308 e. The Morgan fingerprint density at radius 1 is 1.26 bits per heavy atom. The van der Waals surface area contributed by atoms with Crippen LogP contribution in [0.4, 0.5) is 14.6 Å². The second-order valence-electron chi connectivity index (χ2n) is 5.82. The van der Waals surface area contributed by atoms with Crippen molar-refractivity contribution in [2.75, 3.05) is 5.32 Å². The van der Waals surface area contributed by atoms with Gasteiger partial charge in [0.2, 0.25) is 5.91 Å². The van der Waals surface area contributed by atoms with E-state index in [0.29, 0.717) is 23.1 Å². The van der Waals surface area contributed by atoms with E-state index in [4.69, 9.17) is 23.2 Å². The molecule has 0 saturated carbocycles. The van der Waals surface area contributed by atoms with Crippen molar-refractivity contribution in [2.24, 2.45) is 0 Å². The Hall–Kier alpha value is -2.45. The number of benzene rings is 1. The van der Waals surface area contributed by atoms with Crippen LogP contribution >= 0.6 is 23.2 Å². The van der Waals surface area contributed by atoms with Crippen LogP contribution in [0.5, 0.6) is 0 Å². The third kappa shape index (κ3) is 4.64. The molecule has 3 rings (SSSR count). The molecule has 0 radical (unpaired) electrons. The number of rotatable bonds is 6. The van der Waals surface area contributed by atoms with Gasteiger partial charge in [-0.2, -0.15) is 10.2 Å². The number of nitrogens with zero attached hydrogens (tertiary/aromatic N) is 4. The van der Waals surface area contributed by atoms with Crippen LogP contribution in [0.2, 0.25) is 10.0 Å². The number of anilines is 1. The third-order valence-electron chi connectivity index (χ3n) is 3.80. The van der Waals surface area contributed by atoms with Gasteiger partial charge in [0.05, 0.1) is 17.3 Å². The lowest BCUT2D eigenvalue weighted by Gasteiger charge is -2.05. The Labute approximate surface area is 163 Å². The maximum Gasteiger partial charge on any atom is 0.283 e. The Balaban J connectivity index is 1.64. The molecule has 0 bridgehead atoms. The molecular weight excluding hydrogens is 399 g/mol. The summed E-state index contributed by atoms with van der Waals surface area (Å²) in [7, 11) is 0. The first-order chi connectivity index (χ1) is 12.8. The molecule has 0 atom stereocenters. The van der Waals surface area contributed by atoms with E-state index < -0.39 is 18.0 Å². The van der Waals surface area contributed by atoms with Crippen molar-refractivity contribution in [1.82, 2.24) is 19.6 Å². The Morgan fingerprint density at radius 2 is 2.04 bits per heavy atom. The zero-order valence-electron chi connectivity index (χ0n) is 14.2. The third-order valence-corrected chi connectivity index (χ3v) is 4.50. The van der Waals surface area contributed by atoms with Crippen LogP contribution < -0.4 is 5.32 Å². The first kappa shape index (κ1) is 19.3. The monoisotopic (exact) mass is 413 g/mol. The summed E-state index contributed by atoms with van der Waals surface area (Å²) in [4.78, 5) is 12.2. The molecule has 27 heavy (non-hydrogen) atoms. The number of hydrogen-bond acceptors (Lipinski definition) is 3. The molecule has 10 heteroatoms. The number of amides is 1. The first-order valence-corrected chi connectivity index (χ1v) is 8.68. The summed E-state index contributed by atoms with van der Waals surface area (Å²) in [5.41, 5.74) is 0.728. The molecule has 0 aliphatic rings. The fraction of sp³-hybridized carbons (Fsp3) is 0.235. The van der Waals surface area contributed by atoms with E-state index in [1.54, 1.807) is 23.0 Å². The fourth-order valence-corrected chi connectivity index (χ4v) is 2.93. The fourth-order valence-electron chi connectivity index (χ4n) is 2.50. The molecule has 0 unspecified atom stereocenters. The SMILES string of the molecule is Cc1c(Cl)c(C(F)F)nn1CC(=O)Nc1ccn(Cc2cccc(Cl)c2)n1. The van der Waals surface area contributed by atoms with Crippen LogP contribution in [-0.2, 0) is 17.9 Å². The molecule has 0 fully saturated rings. The first-order valence-electron chi connectivity index (χ1n) is 7.92. The van der Waals surface area contributed by atoms with Gasteiger partial charge >= 0.3 is 0 Å². The Morgan fingerprint density at radius 3 is 2.70 bits per heavy atom. The van der Waals surface area contributed by atoms with E-state index in [9.17, 15) is 13.6 Å². The van der Waals surface area contributed by atoms with Crippen molar-refractivity contribution < 1.29 is 13.6 Å². The number of halogens is 4. The number of nitrogens with one attached hydrogen (secondary N) is 1. The minimum absolute atomic E-state index is 0.136. The van der Waals surface area contributed by atoms with Gasteiger partial charge in [0.1, 0.15) is 12.2 Å². The predicted molar refractivity (Wildman–Crippen MR) is 98.3 cm³/mol. The maximum absolute atomic E-state index is 12.8. The summed E-state index contributed by atoms with van der Waals surface area (Å²) in [6.07, 6.45) is -1.09. The molecule has 1 aromatic carbocycles. The van der Waals surface area contributed by atoms with E-state index >= 15 is 0 Å². The van der Waals surface area contributed by atoms with Crippen molar-refractivity contribution >= 4 is 34.9 Å². The summed E-state index contributed by atoms with van der Waals surface area (Å²) in [5, 5.41) is 11.1. The lowest BCUT2D eigenvalue weighted by Crippen LogP contribution is -2.20. The van der Waals surface area contributed by atoms with E-state index in [1.807, 2.05) is 18.2 Å². The van der Waals surface area contributed by atoms with E-state index in [0.717, 1.165) is 10.2 Å². The summed E-state index contributed by atoms with van der Waals surface area (Å²) >= 11 is 11.8. The minimum Gasteiger partial charge on any atom is -0.308 e. The zero-order chi connectivity index (χ0) is 19.6. The highest BCUT2D eigenvalue weighted by Crippen LogP contribution is 2.28. The number of aromatic nitrogens is 4. The summed E-state index contributed by atoms with van der Waals surface area (Å²) in [5.74, 6) is -0.113. The molecule has 1 amide bonds. The topological polar surface area (TPSA) is 64.7 Å². The average Bonchev–Trinajstić information content (AvgIpc) is 3.14. The number of hydrogen-bond donors (Lipinski definition) is 1. The molecule has 3 aromatic rings. The Kier molecular flexibility index (Phi) is 5.76. The van der Waals surface area contributed by atoms with Gasteiger partial charge < -0.3 is 5.32 Å². The lowest BCUT2D eigenvalue weighted by atomic mass is 10.2. The second-order valence-corrected chi connectivity index (χ2v) is 6.63. The molecule has 2 aromatic heterocycles. The van der Waals surface area contributed by atoms with Crippen LogP contribution in [0.3, 0.4) is 0 Å². The van der Waals surface area contributed by atoms with Crippen LogP contribution in [-0.4, -0.2) is 25.5 Å². The lowest BCUT2D eigenvalue weighted by molar-refractivity contribution is -0.117. The van der Waals surface area contributed by atoms with Crippen molar-refractivity contribution in [3.8, 4) is 0 Å². The van der Waals surface area contributed by atoms with Gasteiger partial charge in [0, 0.05) is 17.3 Å². The highest BCUT2D eigenvalue weighted by atomic mass is 35.5. The molecule has 2 heterocycles. The van der Waals surface area contributed by atoms with Crippen LogP contribution in [0, 0.1) is 6.92 Å². The molecule has 0 spiro atoms. The van der Waals surface area contributed by atoms with Crippen molar-refractivity contribution in [3.63, 3.8) is 0 Å². The molecular formula is C17H15Cl2F2N5O. The van der Waals surface area contributed by atoms with E-state index in [-0.39, 0.29) is 11.6 Å². The van der Waals surface area contributed by atoms with Crippen LogP contribution in [0.25, 0.3) is 0 Å². The maximum atomic E-state index is 12.8. The molecule has 1 N–H and O–H groups in total. The quantitative estimate of drug-likeness (QED) is 0.654. The normalized spacial score (nSPS) is 11.2. The van der Waals surface area contributed by atoms with Gasteiger partial charge in [-0.15, -0.1) is 0 Å². The number of carbonyl (C=O) groups is 1. The highest BCUT2D eigenvalue weighted by molar-refractivity contribution is 6.32. The van der Waals surface area contributed by atoms with Crippen LogP contribution in [0.15, 0.2) is 36.5 Å². The molecule has 142 valence electrons. The summed E-state index contributed by atoms with van der Waals surface area (Å²) < 4.78 is 28.4. The van der Waals surface area contributed by atoms with Crippen molar-refractivity contribution in [2.45, 2.75) is 26.4 Å². The molecule has 0 aliphatic carbocycles. The number of alkyl halides is 2. The van der Waals surface area contributed by atoms with E-state index in [2.05, 4.69) is 15.5 Å². The molecule has 0 saturated heterocycles. The predicted octanol–water partition coefficient (Wildman–Crippen LogP) is 4.32. The minimum atomic E-state index is -2.80.